The molecule has 0 aliphatic rings. The van der Waals surface area contributed by atoms with E-state index in [1.165, 1.54) is 18.2 Å². The van der Waals surface area contributed by atoms with Gasteiger partial charge < -0.3 is 9.47 Å². The smallest absolute Gasteiger partial charge is 0.312 e. The zero-order chi connectivity index (χ0) is 12.7. The van der Waals surface area contributed by atoms with Crippen LogP contribution in [0.25, 0.3) is 0 Å². The maximum Gasteiger partial charge on any atom is 0.312 e. The highest BCUT2D eigenvalue weighted by molar-refractivity contribution is 5.51. The molecule has 6 nitrogen and oxygen atoms in total. The third kappa shape index (κ3) is 3.74. The first-order valence-corrected chi connectivity index (χ1v) is 4.99. The lowest BCUT2D eigenvalue weighted by Gasteiger charge is -2.06. The van der Waals surface area contributed by atoms with E-state index in [1.807, 2.05) is 6.07 Å². The molecule has 0 saturated heterocycles. The summed E-state index contributed by atoms with van der Waals surface area (Å²) >= 11 is 0. The van der Waals surface area contributed by atoms with Gasteiger partial charge in [0.25, 0.3) is 0 Å². The first kappa shape index (κ1) is 12.9. The second-order valence-corrected chi connectivity index (χ2v) is 3.25. The Hall–Kier alpha value is -2.13. The molecule has 0 radical (unpaired) electrons. The van der Waals surface area contributed by atoms with E-state index in [0.717, 1.165) is 0 Å². The highest BCUT2D eigenvalue weighted by atomic mass is 16.6. The molecule has 0 heterocycles. The van der Waals surface area contributed by atoms with Crippen molar-refractivity contribution in [3.8, 4) is 11.8 Å². The van der Waals surface area contributed by atoms with Crippen molar-refractivity contribution in [2.75, 3.05) is 20.3 Å². The number of nitro groups is 1. The van der Waals surface area contributed by atoms with Gasteiger partial charge in [-0.15, -0.1) is 0 Å². The van der Waals surface area contributed by atoms with Crippen molar-refractivity contribution in [1.82, 2.24) is 0 Å². The quantitative estimate of drug-likeness (QED) is 0.427. The van der Waals surface area contributed by atoms with E-state index in [1.54, 1.807) is 7.11 Å². The number of benzene rings is 1. The number of rotatable bonds is 6. The summed E-state index contributed by atoms with van der Waals surface area (Å²) in [7, 11) is 1.57. The Kier molecular flexibility index (Phi) is 4.91. The summed E-state index contributed by atoms with van der Waals surface area (Å²) in [5, 5.41) is 19.4. The van der Waals surface area contributed by atoms with Gasteiger partial charge in [-0.1, -0.05) is 0 Å². The van der Waals surface area contributed by atoms with Crippen LogP contribution in [0.1, 0.15) is 12.0 Å². The Bertz CT molecular complexity index is 440. The molecule has 0 bridgehead atoms. The van der Waals surface area contributed by atoms with E-state index < -0.39 is 4.92 Å². The molecule has 17 heavy (non-hydrogen) atoms. The maximum atomic E-state index is 10.8. The molecule has 0 amide bonds. The van der Waals surface area contributed by atoms with E-state index >= 15 is 0 Å². The number of nitriles is 1. The second kappa shape index (κ2) is 6.45. The topological polar surface area (TPSA) is 85.4 Å². The Morgan fingerprint density at radius 2 is 2.24 bits per heavy atom. The molecule has 0 aromatic heterocycles. The van der Waals surface area contributed by atoms with Crippen molar-refractivity contribution >= 4 is 5.69 Å². The minimum atomic E-state index is -0.563. The van der Waals surface area contributed by atoms with Crippen LogP contribution in [0.2, 0.25) is 0 Å². The van der Waals surface area contributed by atoms with Gasteiger partial charge >= 0.3 is 5.69 Å². The molecule has 0 N–H and O–H groups in total. The van der Waals surface area contributed by atoms with Crippen LogP contribution in [0.15, 0.2) is 18.2 Å². The van der Waals surface area contributed by atoms with E-state index in [2.05, 4.69) is 0 Å². The monoisotopic (exact) mass is 236 g/mol. The van der Waals surface area contributed by atoms with Crippen LogP contribution in [0.4, 0.5) is 5.69 Å². The zero-order valence-electron chi connectivity index (χ0n) is 9.38. The summed E-state index contributed by atoms with van der Waals surface area (Å²) in [6.07, 6.45) is 0.646. The molecule has 0 aliphatic heterocycles. The van der Waals surface area contributed by atoms with Crippen molar-refractivity contribution in [2.24, 2.45) is 0 Å². The second-order valence-electron chi connectivity index (χ2n) is 3.25. The molecular formula is C11H12N2O4. The Labute approximate surface area is 98.5 Å². The van der Waals surface area contributed by atoms with Crippen LogP contribution in [-0.4, -0.2) is 25.2 Å². The van der Waals surface area contributed by atoms with Gasteiger partial charge in [0, 0.05) is 26.2 Å². The molecule has 0 fully saturated rings. The number of ether oxygens (including phenoxy) is 2. The van der Waals surface area contributed by atoms with E-state index in [4.69, 9.17) is 14.7 Å². The molecular weight excluding hydrogens is 224 g/mol. The van der Waals surface area contributed by atoms with Gasteiger partial charge in [0.1, 0.15) is 0 Å². The largest absolute Gasteiger partial charge is 0.487 e. The summed E-state index contributed by atoms with van der Waals surface area (Å²) in [5.41, 5.74) is 0.0439. The van der Waals surface area contributed by atoms with Crippen molar-refractivity contribution in [3.05, 3.63) is 33.9 Å². The maximum absolute atomic E-state index is 10.8. The van der Waals surface area contributed by atoms with Crippen molar-refractivity contribution in [3.63, 3.8) is 0 Å². The predicted octanol–water partition coefficient (Wildman–Crippen LogP) is 1.88. The number of methoxy groups -OCH3 is 1. The van der Waals surface area contributed by atoms with Crippen LogP contribution < -0.4 is 4.74 Å². The lowest BCUT2D eigenvalue weighted by Crippen LogP contribution is -2.03. The predicted molar refractivity (Wildman–Crippen MR) is 59.8 cm³/mol. The third-order valence-electron chi connectivity index (χ3n) is 2.04. The van der Waals surface area contributed by atoms with Gasteiger partial charge in [-0.3, -0.25) is 10.1 Å². The first-order chi connectivity index (χ1) is 8.19. The Morgan fingerprint density at radius 1 is 1.47 bits per heavy atom. The van der Waals surface area contributed by atoms with Crippen LogP contribution in [0.5, 0.6) is 5.75 Å². The van der Waals surface area contributed by atoms with Crippen LogP contribution in [0, 0.1) is 21.4 Å². The van der Waals surface area contributed by atoms with E-state index in [-0.39, 0.29) is 17.0 Å². The third-order valence-corrected chi connectivity index (χ3v) is 2.04. The Balaban J connectivity index is 2.77. The van der Waals surface area contributed by atoms with Gasteiger partial charge in [0.05, 0.1) is 23.2 Å². The molecule has 0 aliphatic carbocycles. The van der Waals surface area contributed by atoms with E-state index in [0.29, 0.717) is 19.6 Å². The summed E-state index contributed by atoms with van der Waals surface area (Å²) < 4.78 is 10.1. The Morgan fingerprint density at radius 3 is 2.82 bits per heavy atom. The summed E-state index contributed by atoms with van der Waals surface area (Å²) in [4.78, 5) is 10.2. The van der Waals surface area contributed by atoms with Crippen molar-refractivity contribution < 1.29 is 14.4 Å². The average molecular weight is 236 g/mol. The minimum Gasteiger partial charge on any atom is -0.487 e. The molecule has 0 saturated carbocycles. The van der Waals surface area contributed by atoms with Crippen molar-refractivity contribution in [1.29, 1.82) is 5.26 Å². The average Bonchev–Trinajstić information content (AvgIpc) is 2.34. The van der Waals surface area contributed by atoms with Gasteiger partial charge in [0.2, 0.25) is 0 Å². The summed E-state index contributed by atoms with van der Waals surface area (Å²) in [6.45, 7) is 0.866. The minimum absolute atomic E-state index is 0.171. The van der Waals surface area contributed by atoms with Crippen LogP contribution in [0.3, 0.4) is 0 Å². The fourth-order valence-electron chi connectivity index (χ4n) is 1.24. The fourth-order valence-corrected chi connectivity index (χ4v) is 1.24. The van der Waals surface area contributed by atoms with Crippen LogP contribution >= 0.6 is 0 Å². The molecule has 1 aromatic carbocycles. The fraction of sp³-hybridized carbons (Fsp3) is 0.364. The number of hydrogen-bond acceptors (Lipinski definition) is 5. The molecule has 6 heteroatoms. The van der Waals surface area contributed by atoms with E-state index in [9.17, 15) is 10.1 Å². The standard InChI is InChI=1S/C11H12N2O4/c1-16-5-2-6-17-11-4-3-9(8-12)7-10(11)13(14)15/h3-4,7H,2,5-6H2,1H3. The van der Waals surface area contributed by atoms with Gasteiger partial charge in [-0.05, 0) is 12.1 Å². The number of nitrogens with zero attached hydrogens (tertiary/aromatic N) is 2. The zero-order valence-corrected chi connectivity index (χ0v) is 9.38. The molecule has 1 rings (SSSR count). The number of hydrogen-bond donors (Lipinski definition) is 0. The first-order valence-electron chi connectivity index (χ1n) is 4.99. The normalized spacial score (nSPS) is 9.65. The summed E-state index contributed by atoms with van der Waals surface area (Å²) in [6, 6.07) is 5.96. The molecule has 0 unspecified atom stereocenters. The van der Waals surface area contributed by atoms with Gasteiger partial charge in [-0.2, -0.15) is 5.26 Å². The highest BCUT2D eigenvalue weighted by Gasteiger charge is 2.15. The van der Waals surface area contributed by atoms with Gasteiger partial charge in [-0.25, -0.2) is 0 Å². The molecule has 0 atom stereocenters. The molecule has 0 spiro atoms. The summed E-state index contributed by atoms with van der Waals surface area (Å²) in [5.74, 6) is 0.171. The lowest BCUT2D eigenvalue weighted by molar-refractivity contribution is -0.385. The van der Waals surface area contributed by atoms with Gasteiger partial charge in [0.15, 0.2) is 5.75 Å². The lowest BCUT2D eigenvalue weighted by atomic mass is 10.2. The highest BCUT2D eigenvalue weighted by Crippen LogP contribution is 2.27. The molecule has 1 aromatic rings. The molecule has 90 valence electrons. The van der Waals surface area contributed by atoms with Crippen LogP contribution in [-0.2, 0) is 4.74 Å². The van der Waals surface area contributed by atoms with Crippen molar-refractivity contribution in [2.45, 2.75) is 6.42 Å². The number of nitro benzene ring substituents is 1. The SMILES string of the molecule is COCCCOc1ccc(C#N)cc1[N+](=O)[O-].